The second-order valence-corrected chi connectivity index (χ2v) is 5.66. The molecular formula is C14H13N2NaO3S. The van der Waals surface area contributed by atoms with Crippen LogP contribution in [0.25, 0.3) is 21.8 Å². The molecule has 5 nitrogen and oxygen atoms in total. The Hall–Kier alpha value is -1.05. The van der Waals surface area contributed by atoms with Crippen molar-refractivity contribution < 1.29 is 42.5 Å². The third-order valence-corrected chi connectivity index (χ3v) is 3.82. The quantitative estimate of drug-likeness (QED) is 0.532. The number of anilines is 1. The second-order valence-electron chi connectivity index (χ2n) is 4.55. The Morgan fingerprint density at radius 3 is 2.43 bits per heavy atom. The maximum Gasteiger partial charge on any atom is 1.00 e. The molecule has 0 spiro atoms. The van der Waals surface area contributed by atoms with E-state index in [1.165, 1.54) is 0 Å². The van der Waals surface area contributed by atoms with Gasteiger partial charge in [-0.2, -0.15) is 0 Å². The van der Waals surface area contributed by atoms with Crippen LogP contribution in [0.3, 0.4) is 0 Å². The van der Waals surface area contributed by atoms with E-state index in [0.29, 0.717) is 0 Å². The van der Waals surface area contributed by atoms with Crippen LogP contribution in [0.15, 0.2) is 42.5 Å². The average molecular weight is 312 g/mol. The Morgan fingerprint density at radius 2 is 1.76 bits per heavy atom. The molecule has 0 amide bonds. The Kier molecular flexibility index (Phi) is 4.65. The summed E-state index contributed by atoms with van der Waals surface area (Å²) in [5, 5.41) is 1.97. The van der Waals surface area contributed by atoms with Crippen molar-refractivity contribution in [1.29, 1.82) is 0 Å². The molecule has 3 rings (SSSR count). The molecule has 0 aliphatic rings. The van der Waals surface area contributed by atoms with Crippen LogP contribution in [0.4, 0.5) is 5.69 Å². The standard InChI is InChI=1S/C14H14N2O3S.Na/c1-2-16-13-6-4-3-5-11(13)12-9-10(7-8-14(12)16)15-20(17,18)19;/h3-9,15H,2H2,1H3,(H,17,18,19);/q;+1/p-1. The van der Waals surface area contributed by atoms with Gasteiger partial charge in [0.1, 0.15) is 0 Å². The minimum Gasteiger partial charge on any atom is -0.731 e. The van der Waals surface area contributed by atoms with Gasteiger partial charge in [-0.1, -0.05) is 18.2 Å². The maximum atomic E-state index is 10.8. The second kappa shape index (κ2) is 5.98. The molecule has 0 unspecified atom stereocenters. The molecule has 0 fully saturated rings. The maximum absolute atomic E-state index is 10.8. The topological polar surface area (TPSA) is 74.2 Å². The molecule has 104 valence electrons. The van der Waals surface area contributed by atoms with Gasteiger partial charge in [-0.3, -0.25) is 4.72 Å². The van der Waals surface area contributed by atoms with E-state index >= 15 is 0 Å². The molecule has 0 aliphatic carbocycles. The summed E-state index contributed by atoms with van der Waals surface area (Å²) in [6, 6.07) is 13.0. The third-order valence-electron chi connectivity index (χ3n) is 3.33. The Labute approximate surface area is 145 Å². The molecule has 1 N–H and O–H groups in total. The van der Waals surface area contributed by atoms with Crippen LogP contribution in [0.1, 0.15) is 6.92 Å². The molecule has 7 heteroatoms. The zero-order valence-electron chi connectivity index (χ0n) is 11.8. The zero-order chi connectivity index (χ0) is 14.3. The molecular weight excluding hydrogens is 299 g/mol. The van der Waals surface area contributed by atoms with Crippen molar-refractivity contribution in [3.63, 3.8) is 0 Å². The fourth-order valence-electron chi connectivity index (χ4n) is 2.60. The summed E-state index contributed by atoms with van der Waals surface area (Å²) >= 11 is 0. The normalized spacial score (nSPS) is 11.5. The first-order valence-corrected chi connectivity index (χ1v) is 7.65. The van der Waals surface area contributed by atoms with E-state index in [1.807, 2.05) is 35.1 Å². The van der Waals surface area contributed by atoms with Gasteiger partial charge in [0.25, 0.3) is 0 Å². The number of hydrogen-bond acceptors (Lipinski definition) is 3. The van der Waals surface area contributed by atoms with Crippen molar-refractivity contribution in [3.8, 4) is 0 Å². The SMILES string of the molecule is CCn1c2ccccc2c2cc(NS(=O)(=O)[O-])ccc21.[Na+]. The van der Waals surface area contributed by atoms with Gasteiger partial charge < -0.3 is 9.12 Å². The number of nitrogens with zero attached hydrogens (tertiary/aromatic N) is 1. The van der Waals surface area contributed by atoms with Crippen molar-refractivity contribution in [2.24, 2.45) is 0 Å². The number of nitrogens with one attached hydrogen (secondary N) is 1. The Balaban J connectivity index is 0.00000161. The summed E-state index contributed by atoms with van der Waals surface area (Å²) in [7, 11) is -4.50. The fourth-order valence-corrected chi connectivity index (χ4v) is 3.02. The molecule has 0 bridgehead atoms. The van der Waals surface area contributed by atoms with E-state index in [1.54, 1.807) is 12.1 Å². The minimum atomic E-state index is -4.50. The van der Waals surface area contributed by atoms with Crippen LogP contribution in [-0.4, -0.2) is 17.5 Å². The van der Waals surface area contributed by atoms with Crippen molar-refractivity contribution in [3.05, 3.63) is 42.5 Å². The molecule has 0 aliphatic heterocycles. The largest absolute Gasteiger partial charge is 1.00 e. The van der Waals surface area contributed by atoms with Crippen LogP contribution in [0.5, 0.6) is 0 Å². The van der Waals surface area contributed by atoms with Gasteiger partial charge >= 0.3 is 29.6 Å². The number of hydrogen-bond donors (Lipinski definition) is 1. The van der Waals surface area contributed by atoms with Crippen LogP contribution in [0, 0.1) is 0 Å². The molecule has 3 aromatic rings. The van der Waals surface area contributed by atoms with Crippen LogP contribution in [0.2, 0.25) is 0 Å². The summed E-state index contributed by atoms with van der Waals surface area (Å²) < 4.78 is 36.5. The van der Waals surface area contributed by atoms with Gasteiger partial charge in [-0.15, -0.1) is 0 Å². The van der Waals surface area contributed by atoms with Gasteiger partial charge in [0.05, 0.1) is 0 Å². The zero-order valence-corrected chi connectivity index (χ0v) is 14.6. The van der Waals surface area contributed by atoms with Crippen molar-refractivity contribution in [2.75, 3.05) is 4.72 Å². The monoisotopic (exact) mass is 312 g/mol. The van der Waals surface area contributed by atoms with E-state index in [9.17, 15) is 13.0 Å². The van der Waals surface area contributed by atoms with Crippen molar-refractivity contribution in [2.45, 2.75) is 13.5 Å². The number of fused-ring (bicyclic) bond motifs is 3. The van der Waals surface area contributed by atoms with E-state index in [-0.39, 0.29) is 35.2 Å². The molecule has 21 heavy (non-hydrogen) atoms. The predicted octanol–water partition coefficient (Wildman–Crippen LogP) is -0.309. The van der Waals surface area contributed by atoms with Crippen LogP contribution >= 0.6 is 0 Å². The third kappa shape index (κ3) is 3.09. The van der Waals surface area contributed by atoms with Gasteiger partial charge in [0, 0.05) is 34.0 Å². The molecule has 2 aromatic carbocycles. The molecule has 0 radical (unpaired) electrons. The Morgan fingerprint density at radius 1 is 1.10 bits per heavy atom. The van der Waals surface area contributed by atoms with Crippen LogP contribution in [-0.2, 0) is 16.8 Å². The average Bonchev–Trinajstić information content (AvgIpc) is 2.70. The molecule has 1 aromatic heterocycles. The van der Waals surface area contributed by atoms with Gasteiger partial charge in [-0.05, 0) is 31.2 Å². The molecule has 0 saturated carbocycles. The number of para-hydroxylation sites is 1. The summed E-state index contributed by atoms with van der Waals surface area (Å²) in [4.78, 5) is 0. The summed E-state index contributed by atoms with van der Waals surface area (Å²) in [5.74, 6) is 0. The van der Waals surface area contributed by atoms with E-state index in [2.05, 4.69) is 11.5 Å². The molecule has 1 heterocycles. The van der Waals surface area contributed by atoms with E-state index in [0.717, 1.165) is 28.4 Å². The first-order chi connectivity index (χ1) is 9.49. The number of rotatable bonds is 3. The minimum absolute atomic E-state index is 0. The van der Waals surface area contributed by atoms with Gasteiger partial charge in [0.2, 0.25) is 0 Å². The fraction of sp³-hybridized carbons (Fsp3) is 0.143. The van der Waals surface area contributed by atoms with Crippen LogP contribution < -0.4 is 34.3 Å². The molecule has 0 saturated heterocycles. The summed E-state index contributed by atoms with van der Waals surface area (Å²) in [6.07, 6.45) is 0. The number of aromatic nitrogens is 1. The Bertz CT molecular complexity index is 903. The summed E-state index contributed by atoms with van der Waals surface area (Å²) in [6.45, 7) is 2.87. The van der Waals surface area contributed by atoms with Gasteiger partial charge in [-0.25, -0.2) is 8.42 Å². The van der Waals surface area contributed by atoms with Crippen molar-refractivity contribution in [1.82, 2.24) is 4.57 Å². The first-order valence-electron chi connectivity index (χ1n) is 6.24. The van der Waals surface area contributed by atoms with Gasteiger partial charge in [0.15, 0.2) is 10.3 Å². The summed E-state index contributed by atoms with van der Waals surface area (Å²) in [5.41, 5.74) is 2.39. The number of aryl methyl sites for hydroxylation is 1. The number of benzene rings is 2. The van der Waals surface area contributed by atoms with Crippen molar-refractivity contribution >= 4 is 37.8 Å². The smallest absolute Gasteiger partial charge is 0.731 e. The van der Waals surface area contributed by atoms with E-state index in [4.69, 9.17) is 0 Å². The molecule has 0 atom stereocenters. The predicted molar refractivity (Wildman–Crippen MR) is 78.4 cm³/mol. The van der Waals surface area contributed by atoms with E-state index < -0.39 is 10.3 Å². The first kappa shape index (κ1) is 16.3.